The molecule has 0 unspecified atom stereocenters. The molecule has 0 aliphatic heterocycles. The standard InChI is InChI=1S/C16H27N3/c1-4-6-12-19(13-7-5-2)16-10-8-15(9-11-16)14-18-17-3/h8-11H,4-7,12-14H2,1-3H3. The maximum absolute atomic E-state index is 4.03. The summed E-state index contributed by atoms with van der Waals surface area (Å²) in [5, 5.41) is 7.81. The highest BCUT2D eigenvalue weighted by molar-refractivity contribution is 5.47. The van der Waals surface area contributed by atoms with Gasteiger partial charge in [0.05, 0.1) is 6.54 Å². The number of benzene rings is 1. The van der Waals surface area contributed by atoms with Gasteiger partial charge in [0, 0.05) is 25.8 Å². The van der Waals surface area contributed by atoms with E-state index in [9.17, 15) is 0 Å². The third-order valence-electron chi connectivity index (χ3n) is 3.26. The van der Waals surface area contributed by atoms with Crippen molar-refractivity contribution in [2.24, 2.45) is 10.2 Å². The monoisotopic (exact) mass is 261 g/mol. The van der Waals surface area contributed by atoms with Crippen molar-refractivity contribution >= 4 is 5.69 Å². The Kier molecular flexibility index (Phi) is 7.87. The number of nitrogens with zero attached hydrogens (tertiary/aromatic N) is 3. The van der Waals surface area contributed by atoms with E-state index >= 15 is 0 Å². The fraction of sp³-hybridized carbons (Fsp3) is 0.625. The van der Waals surface area contributed by atoms with Gasteiger partial charge in [0.1, 0.15) is 0 Å². The topological polar surface area (TPSA) is 28.0 Å². The summed E-state index contributed by atoms with van der Waals surface area (Å²) in [7, 11) is 1.71. The van der Waals surface area contributed by atoms with Crippen LogP contribution in [-0.2, 0) is 6.54 Å². The number of hydrogen-bond acceptors (Lipinski definition) is 3. The van der Waals surface area contributed by atoms with Crippen molar-refractivity contribution in [3.05, 3.63) is 29.8 Å². The van der Waals surface area contributed by atoms with Gasteiger partial charge in [-0.05, 0) is 30.5 Å². The summed E-state index contributed by atoms with van der Waals surface area (Å²) in [4.78, 5) is 2.50. The summed E-state index contributed by atoms with van der Waals surface area (Å²) in [5.41, 5.74) is 2.55. The van der Waals surface area contributed by atoms with Crippen LogP contribution < -0.4 is 4.90 Å². The predicted molar refractivity (Wildman–Crippen MR) is 83.0 cm³/mol. The van der Waals surface area contributed by atoms with Crippen LogP contribution in [0.2, 0.25) is 0 Å². The lowest BCUT2D eigenvalue weighted by molar-refractivity contribution is 0.678. The molecule has 0 saturated heterocycles. The van der Waals surface area contributed by atoms with Gasteiger partial charge in [-0.3, -0.25) is 0 Å². The Morgan fingerprint density at radius 2 is 1.53 bits per heavy atom. The van der Waals surface area contributed by atoms with E-state index in [0.717, 1.165) is 13.1 Å². The average molecular weight is 261 g/mol. The van der Waals surface area contributed by atoms with E-state index in [0.29, 0.717) is 6.54 Å². The van der Waals surface area contributed by atoms with Crippen LogP contribution in [0.15, 0.2) is 34.5 Å². The highest BCUT2D eigenvalue weighted by atomic mass is 15.1. The highest BCUT2D eigenvalue weighted by Crippen LogP contribution is 2.17. The van der Waals surface area contributed by atoms with Crippen LogP contribution in [0.4, 0.5) is 5.69 Å². The molecule has 3 heteroatoms. The zero-order valence-electron chi connectivity index (χ0n) is 12.6. The zero-order chi connectivity index (χ0) is 13.9. The van der Waals surface area contributed by atoms with Crippen molar-refractivity contribution in [2.45, 2.75) is 46.1 Å². The second-order valence-corrected chi connectivity index (χ2v) is 4.86. The minimum atomic E-state index is 0.681. The molecule has 1 aromatic rings. The van der Waals surface area contributed by atoms with E-state index in [-0.39, 0.29) is 0 Å². The van der Waals surface area contributed by atoms with Gasteiger partial charge in [0.2, 0.25) is 0 Å². The van der Waals surface area contributed by atoms with Gasteiger partial charge in [-0.2, -0.15) is 10.2 Å². The molecule has 0 amide bonds. The first-order valence-electron chi connectivity index (χ1n) is 7.41. The lowest BCUT2D eigenvalue weighted by atomic mass is 10.1. The molecule has 1 aromatic carbocycles. The first-order valence-corrected chi connectivity index (χ1v) is 7.41. The summed E-state index contributed by atoms with van der Waals surface area (Å²) in [6.45, 7) is 7.49. The Balaban J connectivity index is 2.66. The predicted octanol–water partition coefficient (Wildman–Crippen LogP) is 4.68. The highest BCUT2D eigenvalue weighted by Gasteiger charge is 2.05. The third kappa shape index (κ3) is 5.86. The first-order chi connectivity index (χ1) is 9.31. The van der Waals surface area contributed by atoms with Crippen LogP contribution >= 0.6 is 0 Å². The molecule has 0 aliphatic rings. The summed E-state index contributed by atoms with van der Waals surface area (Å²) >= 11 is 0. The Bertz CT molecular complexity index is 349. The van der Waals surface area contributed by atoms with E-state index in [1.807, 2.05) is 0 Å². The van der Waals surface area contributed by atoms with Gasteiger partial charge in [0.25, 0.3) is 0 Å². The normalized spacial score (nSPS) is 11.1. The van der Waals surface area contributed by atoms with Gasteiger partial charge in [-0.1, -0.05) is 38.8 Å². The number of rotatable bonds is 9. The van der Waals surface area contributed by atoms with Crippen LogP contribution in [0.3, 0.4) is 0 Å². The van der Waals surface area contributed by atoms with Gasteiger partial charge >= 0.3 is 0 Å². The maximum atomic E-state index is 4.03. The zero-order valence-corrected chi connectivity index (χ0v) is 12.6. The van der Waals surface area contributed by atoms with Crippen LogP contribution in [-0.4, -0.2) is 20.1 Å². The lowest BCUT2D eigenvalue weighted by Crippen LogP contribution is -2.25. The van der Waals surface area contributed by atoms with E-state index in [1.54, 1.807) is 7.05 Å². The molecular formula is C16H27N3. The molecular weight excluding hydrogens is 234 g/mol. The molecule has 0 spiro atoms. The first kappa shape index (κ1) is 15.7. The quantitative estimate of drug-likeness (QED) is 0.593. The second-order valence-electron chi connectivity index (χ2n) is 4.86. The van der Waals surface area contributed by atoms with E-state index < -0.39 is 0 Å². The van der Waals surface area contributed by atoms with Crippen molar-refractivity contribution in [3.63, 3.8) is 0 Å². The molecule has 3 nitrogen and oxygen atoms in total. The number of hydrogen-bond donors (Lipinski definition) is 0. The van der Waals surface area contributed by atoms with Gasteiger partial charge < -0.3 is 4.90 Å². The molecule has 0 fully saturated rings. The van der Waals surface area contributed by atoms with E-state index in [2.05, 4.69) is 53.2 Å². The van der Waals surface area contributed by atoms with Gasteiger partial charge in [-0.15, -0.1) is 0 Å². The summed E-state index contributed by atoms with van der Waals surface area (Å²) in [6.07, 6.45) is 5.01. The van der Waals surface area contributed by atoms with Gasteiger partial charge in [-0.25, -0.2) is 0 Å². The fourth-order valence-corrected chi connectivity index (χ4v) is 2.03. The van der Waals surface area contributed by atoms with Crippen LogP contribution in [0.5, 0.6) is 0 Å². The Hall–Kier alpha value is -1.38. The minimum absolute atomic E-state index is 0.681. The average Bonchev–Trinajstić information content (AvgIpc) is 2.46. The molecule has 0 saturated carbocycles. The van der Waals surface area contributed by atoms with E-state index in [1.165, 1.54) is 36.9 Å². The minimum Gasteiger partial charge on any atom is -0.372 e. The summed E-state index contributed by atoms with van der Waals surface area (Å²) < 4.78 is 0. The largest absolute Gasteiger partial charge is 0.372 e. The molecule has 0 radical (unpaired) electrons. The van der Waals surface area contributed by atoms with Crippen molar-refractivity contribution in [2.75, 3.05) is 25.0 Å². The van der Waals surface area contributed by atoms with Crippen molar-refractivity contribution < 1.29 is 0 Å². The van der Waals surface area contributed by atoms with E-state index in [4.69, 9.17) is 0 Å². The molecule has 0 bridgehead atoms. The SMILES string of the molecule is CCCCN(CCCC)c1ccc(CN=NC)cc1. The molecule has 1 rings (SSSR count). The summed E-state index contributed by atoms with van der Waals surface area (Å²) in [5.74, 6) is 0. The fourth-order valence-electron chi connectivity index (χ4n) is 2.03. The van der Waals surface area contributed by atoms with Crippen LogP contribution in [0.1, 0.15) is 45.1 Å². The molecule has 0 aliphatic carbocycles. The van der Waals surface area contributed by atoms with Crippen molar-refractivity contribution in [1.82, 2.24) is 0 Å². The van der Waals surface area contributed by atoms with Crippen LogP contribution in [0, 0.1) is 0 Å². The lowest BCUT2D eigenvalue weighted by Gasteiger charge is -2.24. The summed E-state index contributed by atoms with van der Waals surface area (Å²) in [6, 6.07) is 8.75. The molecule has 0 N–H and O–H groups in total. The molecule has 106 valence electrons. The number of anilines is 1. The Morgan fingerprint density at radius 3 is 2.00 bits per heavy atom. The molecule has 0 atom stereocenters. The molecule has 0 heterocycles. The Labute approximate surface area is 117 Å². The molecule has 0 aromatic heterocycles. The van der Waals surface area contributed by atoms with Crippen molar-refractivity contribution in [3.8, 4) is 0 Å². The second kappa shape index (κ2) is 9.54. The smallest absolute Gasteiger partial charge is 0.0849 e. The molecule has 19 heavy (non-hydrogen) atoms. The Morgan fingerprint density at radius 1 is 0.947 bits per heavy atom. The number of azo groups is 1. The number of unbranched alkanes of at least 4 members (excludes halogenated alkanes) is 2. The van der Waals surface area contributed by atoms with Gasteiger partial charge in [0.15, 0.2) is 0 Å². The maximum Gasteiger partial charge on any atom is 0.0849 e. The van der Waals surface area contributed by atoms with Crippen molar-refractivity contribution in [1.29, 1.82) is 0 Å². The van der Waals surface area contributed by atoms with Crippen LogP contribution in [0.25, 0.3) is 0 Å². The third-order valence-corrected chi connectivity index (χ3v) is 3.26.